The molecule has 1 aliphatic heterocycles. The van der Waals surface area contributed by atoms with Gasteiger partial charge in [-0.05, 0) is 32.2 Å². The molecule has 3 rings (SSSR count). The van der Waals surface area contributed by atoms with Crippen molar-refractivity contribution in [1.82, 2.24) is 15.3 Å². The predicted octanol–water partition coefficient (Wildman–Crippen LogP) is 1.24. The second-order valence-corrected chi connectivity index (χ2v) is 5.29. The highest BCUT2D eigenvalue weighted by atomic mass is 15.2. The number of rotatable bonds is 4. The number of anilines is 2. The zero-order chi connectivity index (χ0) is 12.4. The first-order chi connectivity index (χ1) is 8.83. The van der Waals surface area contributed by atoms with Gasteiger partial charge >= 0.3 is 0 Å². The molecule has 1 aliphatic carbocycles. The molecule has 2 N–H and O–H groups in total. The van der Waals surface area contributed by atoms with Gasteiger partial charge in [0.15, 0.2) is 0 Å². The molecule has 1 atom stereocenters. The first-order valence-corrected chi connectivity index (χ1v) is 6.85. The van der Waals surface area contributed by atoms with E-state index in [0.717, 1.165) is 31.1 Å². The molecule has 18 heavy (non-hydrogen) atoms. The lowest BCUT2D eigenvalue weighted by Gasteiger charge is -2.35. The minimum Gasteiger partial charge on any atom is -0.366 e. The van der Waals surface area contributed by atoms with Crippen LogP contribution in [0.4, 0.5) is 11.6 Å². The Morgan fingerprint density at radius 2 is 2.22 bits per heavy atom. The highest BCUT2D eigenvalue weighted by Gasteiger charge is 2.23. The molecule has 0 bridgehead atoms. The minimum absolute atomic E-state index is 0.502. The molecule has 0 amide bonds. The zero-order valence-corrected chi connectivity index (χ0v) is 10.9. The fourth-order valence-corrected chi connectivity index (χ4v) is 2.57. The van der Waals surface area contributed by atoms with Gasteiger partial charge in [0.1, 0.15) is 18.0 Å². The quantitative estimate of drug-likeness (QED) is 0.838. The Morgan fingerprint density at radius 3 is 2.89 bits per heavy atom. The lowest BCUT2D eigenvalue weighted by molar-refractivity contribution is 0.399. The summed E-state index contributed by atoms with van der Waals surface area (Å²) >= 11 is 0. The molecule has 0 spiro atoms. The van der Waals surface area contributed by atoms with Gasteiger partial charge in [-0.2, -0.15) is 0 Å². The van der Waals surface area contributed by atoms with Gasteiger partial charge in [0.25, 0.3) is 0 Å². The van der Waals surface area contributed by atoms with E-state index in [1.807, 2.05) is 0 Å². The van der Waals surface area contributed by atoms with E-state index in [1.165, 1.54) is 19.3 Å². The van der Waals surface area contributed by atoms with Gasteiger partial charge in [0.2, 0.25) is 0 Å². The van der Waals surface area contributed by atoms with Gasteiger partial charge in [-0.1, -0.05) is 0 Å². The van der Waals surface area contributed by atoms with E-state index >= 15 is 0 Å². The predicted molar refractivity (Wildman–Crippen MR) is 73.0 cm³/mol. The molecule has 98 valence electrons. The van der Waals surface area contributed by atoms with E-state index in [1.54, 1.807) is 6.33 Å². The van der Waals surface area contributed by atoms with Crippen molar-refractivity contribution in [3.8, 4) is 0 Å². The number of hydrogen-bond acceptors (Lipinski definition) is 5. The van der Waals surface area contributed by atoms with Crippen LogP contribution in [0, 0.1) is 0 Å². The van der Waals surface area contributed by atoms with Crippen molar-refractivity contribution in [3.05, 3.63) is 12.4 Å². The summed E-state index contributed by atoms with van der Waals surface area (Å²) in [6.07, 6.45) is 6.75. The SMILES string of the molecule is CN(c1cc(NC2CCNC2)ncn1)C1CCC1. The molecule has 1 unspecified atom stereocenters. The second kappa shape index (κ2) is 5.10. The summed E-state index contributed by atoms with van der Waals surface area (Å²) in [5, 5.41) is 6.82. The van der Waals surface area contributed by atoms with Crippen molar-refractivity contribution < 1.29 is 0 Å². The first-order valence-electron chi connectivity index (χ1n) is 6.85. The molecule has 5 nitrogen and oxygen atoms in total. The second-order valence-electron chi connectivity index (χ2n) is 5.29. The van der Waals surface area contributed by atoms with Crippen molar-refractivity contribution in [3.63, 3.8) is 0 Å². The van der Waals surface area contributed by atoms with Gasteiger partial charge in [0, 0.05) is 31.7 Å². The molecule has 5 heteroatoms. The topological polar surface area (TPSA) is 53.1 Å². The Labute approximate surface area is 108 Å². The highest BCUT2D eigenvalue weighted by molar-refractivity contribution is 5.49. The number of aromatic nitrogens is 2. The third-order valence-electron chi connectivity index (χ3n) is 4.05. The van der Waals surface area contributed by atoms with E-state index in [9.17, 15) is 0 Å². The smallest absolute Gasteiger partial charge is 0.134 e. The summed E-state index contributed by atoms with van der Waals surface area (Å²) in [5.74, 6) is 1.98. The van der Waals surface area contributed by atoms with Crippen molar-refractivity contribution in [2.75, 3.05) is 30.4 Å². The van der Waals surface area contributed by atoms with Crippen LogP contribution in [0.1, 0.15) is 25.7 Å². The van der Waals surface area contributed by atoms with E-state index in [4.69, 9.17) is 0 Å². The average molecular weight is 247 g/mol. The zero-order valence-electron chi connectivity index (χ0n) is 10.9. The van der Waals surface area contributed by atoms with Crippen LogP contribution in [0.15, 0.2) is 12.4 Å². The maximum Gasteiger partial charge on any atom is 0.134 e. The summed E-state index contributed by atoms with van der Waals surface area (Å²) in [5.41, 5.74) is 0. The number of hydrogen-bond donors (Lipinski definition) is 2. The maximum atomic E-state index is 4.38. The molecule has 2 aliphatic rings. The van der Waals surface area contributed by atoms with Crippen LogP contribution in [0.2, 0.25) is 0 Å². The van der Waals surface area contributed by atoms with Crippen LogP contribution in [0.5, 0.6) is 0 Å². The van der Waals surface area contributed by atoms with Gasteiger partial charge < -0.3 is 15.5 Å². The van der Waals surface area contributed by atoms with Crippen LogP contribution < -0.4 is 15.5 Å². The molecule has 1 saturated heterocycles. The fraction of sp³-hybridized carbons (Fsp3) is 0.692. The van der Waals surface area contributed by atoms with E-state index in [2.05, 4.69) is 38.6 Å². The normalized spacial score (nSPS) is 23.7. The molecule has 1 aromatic rings. The number of nitrogens with zero attached hydrogens (tertiary/aromatic N) is 3. The van der Waals surface area contributed by atoms with E-state index < -0.39 is 0 Å². The Kier molecular flexibility index (Phi) is 3.32. The summed E-state index contributed by atoms with van der Waals surface area (Å²) in [6.45, 7) is 2.12. The largest absolute Gasteiger partial charge is 0.366 e. The van der Waals surface area contributed by atoms with Crippen LogP contribution >= 0.6 is 0 Å². The lowest BCUT2D eigenvalue weighted by Crippen LogP contribution is -2.37. The van der Waals surface area contributed by atoms with Crippen LogP contribution in [0.25, 0.3) is 0 Å². The molecular formula is C13H21N5. The molecule has 1 saturated carbocycles. The summed E-state index contributed by atoms with van der Waals surface area (Å²) in [6, 6.07) is 3.24. The Hall–Kier alpha value is -1.36. The van der Waals surface area contributed by atoms with Crippen LogP contribution in [0.3, 0.4) is 0 Å². The molecule has 2 heterocycles. The van der Waals surface area contributed by atoms with Gasteiger partial charge in [-0.15, -0.1) is 0 Å². The molecule has 0 aromatic carbocycles. The first kappa shape index (κ1) is 11.7. The Balaban J connectivity index is 1.67. The van der Waals surface area contributed by atoms with E-state index in [-0.39, 0.29) is 0 Å². The van der Waals surface area contributed by atoms with Crippen LogP contribution in [-0.4, -0.2) is 42.2 Å². The molecular weight excluding hydrogens is 226 g/mol. The summed E-state index contributed by atoms with van der Waals surface area (Å²) < 4.78 is 0. The van der Waals surface area contributed by atoms with Gasteiger partial charge in [-0.25, -0.2) is 9.97 Å². The monoisotopic (exact) mass is 247 g/mol. The molecule has 1 aromatic heterocycles. The van der Waals surface area contributed by atoms with E-state index in [0.29, 0.717) is 12.1 Å². The fourth-order valence-electron chi connectivity index (χ4n) is 2.57. The lowest BCUT2D eigenvalue weighted by atomic mass is 9.92. The van der Waals surface area contributed by atoms with Gasteiger partial charge in [0.05, 0.1) is 0 Å². The highest BCUT2D eigenvalue weighted by Crippen LogP contribution is 2.27. The Morgan fingerprint density at radius 1 is 1.33 bits per heavy atom. The maximum absolute atomic E-state index is 4.38. The minimum atomic E-state index is 0.502. The van der Waals surface area contributed by atoms with Crippen LogP contribution in [-0.2, 0) is 0 Å². The third-order valence-corrected chi connectivity index (χ3v) is 4.05. The Bertz CT molecular complexity index is 398. The molecule has 2 fully saturated rings. The number of nitrogens with one attached hydrogen (secondary N) is 2. The van der Waals surface area contributed by atoms with Crippen molar-refractivity contribution in [1.29, 1.82) is 0 Å². The standard InChI is InChI=1S/C13H21N5/c1-18(11-3-2-4-11)13-7-12(15-9-16-13)17-10-5-6-14-8-10/h7,9-11,14H,2-6,8H2,1H3,(H,15,16,17). The van der Waals surface area contributed by atoms with Crippen molar-refractivity contribution in [2.24, 2.45) is 0 Å². The summed E-state index contributed by atoms with van der Waals surface area (Å²) in [7, 11) is 2.13. The van der Waals surface area contributed by atoms with Crippen molar-refractivity contribution >= 4 is 11.6 Å². The average Bonchev–Trinajstić information content (AvgIpc) is 2.80. The van der Waals surface area contributed by atoms with Gasteiger partial charge in [-0.3, -0.25) is 0 Å². The molecule has 0 radical (unpaired) electrons. The van der Waals surface area contributed by atoms with Crippen molar-refractivity contribution in [2.45, 2.75) is 37.8 Å². The summed E-state index contributed by atoms with van der Waals surface area (Å²) in [4.78, 5) is 11.0. The third kappa shape index (κ3) is 2.41.